The Balaban J connectivity index is 1.61. The minimum atomic E-state index is -2.88. The molecule has 0 aliphatic carbocycles. The molecule has 0 bridgehead atoms. The van der Waals surface area contributed by atoms with Crippen LogP contribution in [0.4, 0.5) is 0 Å². The van der Waals surface area contributed by atoms with Crippen molar-refractivity contribution < 1.29 is 8.42 Å². The minimum Gasteiger partial charge on any atom is -0.301 e. The third kappa shape index (κ3) is 5.65. The second-order valence-electron chi connectivity index (χ2n) is 6.28. The summed E-state index contributed by atoms with van der Waals surface area (Å²) in [5.41, 5.74) is 0. The highest BCUT2D eigenvalue weighted by molar-refractivity contribution is 7.91. The monoisotopic (exact) mass is 344 g/mol. The van der Waals surface area contributed by atoms with Crippen molar-refractivity contribution in [1.82, 2.24) is 9.80 Å². The Kier molecular flexibility index (Phi) is 6.87. The Hall–Kier alpha value is -0.430. The van der Waals surface area contributed by atoms with Crippen LogP contribution in [0.3, 0.4) is 0 Å². The summed E-state index contributed by atoms with van der Waals surface area (Å²) in [4.78, 5) is 6.37. The molecule has 0 saturated carbocycles. The van der Waals surface area contributed by atoms with E-state index in [0.717, 1.165) is 52.1 Å². The molecule has 0 amide bonds. The van der Waals surface area contributed by atoms with E-state index in [1.165, 1.54) is 4.88 Å². The molecule has 0 unspecified atom stereocenters. The highest BCUT2D eigenvalue weighted by Gasteiger charge is 2.19. The van der Waals surface area contributed by atoms with Gasteiger partial charge >= 0.3 is 0 Å². The van der Waals surface area contributed by atoms with Gasteiger partial charge < -0.3 is 9.80 Å². The van der Waals surface area contributed by atoms with E-state index in [1.807, 2.05) is 11.3 Å². The van der Waals surface area contributed by atoms with Gasteiger partial charge in [0.25, 0.3) is 0 Å². The van der Waals surface area contributed by atoms with Gasteiger partial charge in [0.15, 0.2) is 9.84 Å². The first-order valence-electron chi connectivity index (χ1n) is 8.16. The van der Waals surface area contributed by atoms with Crippen LogP contribution in [0.5, 0.6) is 0 Å². The van der Waals surface area contributed by atoms with E-state index in [2.05, 4.69) is 27.3 Å². The van der Waals surface area contributed by atoms with Crippen LogP contribution < -0.4 is 0 Å². The topological polar surface area (TPSA) is 40.6 Å². The van der Waals surface area contributed by atoms with Gasteiger partial charge in [-0.2, -0.15) is 0 Å². The summed E-state index contributed by atoms with van der Waals surface area (Å²) in [6, 6.07) is 4.32. The van der Waals surface area contributed by atoms with Gasteiger partial charge in [-0.1, -0.05) is 6.07 Å². The fourth-order valence-corrected chi connectivity index (χ4v) is 4.39. The molecule has 126 valence electrons. The standard InChI is InChI=1S/C16H28N2O2S2/c1-15(2)22(19,20)14-4-7-17-9-11-18(12-10-17)8-6-16-5-3-13-21-16/h3,5,13,15H,4,6-12,14H2,1-2H3. The highest BCUT2D eigenvalue weighted by atomic mass is 32.2. The van der Waals surface area contributed by atoms with Crippen molar-refractivity contribution in [2.24, 2.45) is 0 Å². The van der Waals surface area contributed by atoms with Gasteiger partial charge in [-0.25, -0.2) is 8.42 Å². The second-order valence-corrected chi connectivity index (χ2v) is 9.99. The molecular weight excluding hydrogens is 316 g/mol. The predicted octanol–water partition coefficient (Wildman–Crippen LogP) is 2.12. The fraction of sp³-hybridized carbons (Fsp3) is 0.750. The summed E-state index contributed by atoms with van der Waals surface area (Å²) >= 11 is 1.83. The van der Waals surface area contributed by atoms with Crippen molar-refractivity contribution in [2.75, 3.05) is 45.0 Å². The minimum absolute atomic E-state index is 0.249. The zero-order valence-corrected chi connectivity index (χ0v) is 15.3. The lowest BCUT2D eigenvalue weighted by molar-refractivity contribution is 0.134. The van der Waals surface area contributed by atoms with Crippen molar-refractivity contribution >= 4 is 21.2 Å². The first-order valence-corrected chi connectivity index (χ1v) is 10.8. The molecule has 4 nitrogen and oxygen atoms in total. The summed E-state index contributed by atoms with van der Waals surface area (Å²) < 4.78 is 23.6. The van der Waals surface area contributed by atoms with E-state index in [1.54, 1.807) is 13.8 Å². The van der Waals surface area contributed by atoms with Crippen LogP contribution in [-0.2, 0) is 16.3 Å². The van der Waals surface area contributed by atoms with Crippen LogP contribution in [0.2, 0.25) is 0 Å². The molecule has 6 heteroatoms. The molecule has 1 aromatic rings. The zero-order chi connectivity index (χ0) is 16.0. The van der Waals surface area contributed by atoms with Crippen LogP contribution in [-0.4, -0.2) is 68.5 Å². The third-order valence-electron chi connectivity index (χ3n) is 4.34. The van der Waals surface area contributed by atoms with Crippen LogP contribution in [0, 0.1) is 0 Å². The Morgan fingerprint density at radius 3 is 2.32 bits per heavy atom. The van der Waals surface area contributed by atoms with Gasteiger partial charge in [-0.05, 0) is 44.7 Å². The summed E-state index contributed by atoms with van der Waals surface area (Å²) in [5.74, 6) is 0.323. The van der Waals surface area contributed by atoms with Gasteiger partial charge in [0.05, 0.1) is 11.0 Å². The average molecular weight is 345 g/mol. The van der Waals surface area contributed by atoms with E-state index in [4.69, 9.17) is 0 Å². The van der Waals surface area contributed by atoms with Gasteiger partial charge in [0, 0.05) is 37.6 Å². The number of thiophene rings is 1. The van der Waals surface area contributed by atoms with Crippen LogP contribution >= 0.6 is 11.3 Å². The molecule has 22 heavy (non-hydrogen) atoms. The quantitative estimate of drug-likeness (QED) is 0.724. The lowest BCUT2D eigenvalue weighted by Crippen LogP contribution is -2.47. The molecule has 1 aliphatic heterocycles. The zero-order valence-electron chi connectivity index (χ0n) is 13.7. The SMILES string of the molecule is CC(C)S(=O)(=O)CCCN1CCN(CCc2cccs2)CC1. The summed E-state index contributed by atoms with van der Waals surface area (Å²) in [7, 11) is -2.88. The lowest BCUT2D eigenvalue weighted by atomic mass is 10.2. The maximum absolute atomic E-state index is 11.8. The van der Waals surface area contributed by atoms with Crippen molar-refractivity contribution in [3.8, 4) is 0 Å². The average Bonchev–Trinajstić information content (AvgIpc) is 2.99. The molecular formula is C16H28N2O2S2. The van der Waals surface area contributed by atoms with E-state index in [-0.39, 0.29) is 5.25 Å². The molecule has 1 saturated heterocycles. The molecule has 2 heterocycles. The van der Waals surface area contributed by atoms with Crippen LogP contribution in [0.1, 0.15) is 25.1 Å². The smallest absolute Gasteiger partial charge is 0.152 e. The maximum atomic E-state index is 11.8. The Bertz CT molecular complexity index is 518. The van der Waals surface area contributed by atoms with Crippen molar-refractivity contribution in [3.63, 3.8) is 0 Å². The van der Waals surface area contributed by atoms with Crippen molar-refractivity contribution in [1.29, 1.82) is 0 Å². The normalized spacial score (nSPS) is 18.1. The summed E-state index contributed by atoms with van der Waals surface area (Å²) in [6.07, 6.45) is 1.90. The predicted molar refractivity (Wildman–Crippen MR) is 94.4 cm³/mol. The third-order valence-corrected chi connectivity index (χ3v) is 7.57. The van der Waals surface area contributed by atoms with E-state index >= 15 is 0 Å². The largest absolute Gasteiger partial charge is 0.301 e. The van der Waals surface area contributed by atoms with E-state index < -0.39 is 9.84 Å². The molecule has 0 aromatic carbocycles. The molecule has 0 atom stereocenters. The number of hydrogen-bond donors (Lipinski definition) is 0. The number of sulfone groups is 1. The fourth-order valence-electron chi connectivity index (χ4n) is 2.68. The molecule has 1 aliphatic rings. The maximum Gasteiger partial charge on any atom is 0.152 e. The number of rotatable bonds is 8. The van der Waals surface area contributed by atoms with Gasteiger partial charge in [0.1, 0.15) is 0 Å². The van der Waals surface area contributed by atoms with Crippen LogP contribution in [0.25, 0.3) is 0 Å². The summed E-state index contributed by atoms with van der Waals surface area (Å²) in [5, 5.41) is 1.89. The molecule has 0 N–H and O–H groups in total. The Labute approximate surface area is 139 Å². The first kappa shape index (κ1) is 17.9. The Morgan fingerprint density at radius 2 is 1.77 bits per heavy atom. The molecule has 0 radical (unpaired) electrons. The molecule has 0 spiro atoms. The van der Waals surface area contributed by atoms with Crippen molar-refractivity contribution in [3.05, 3.63) is 22.4 Å². The highest BCUT2D eigenvalue weighted by Crippen LogP contribution is 2.11. The molecule has 2 rings (SSSR count). The first-order chi connectivity index (χ1) is 10.5. The molecule has 1 aromatic heterocycles. The van der Waals surface area contributed by atoms with Crippen molar-refractivity contribution in [2.45, 2.75) is 31.9 Å². The van der Waals surface area contributed by atoms with Gasteiger partial charge in [0.2, 0.25) is 0 Å². The summed E-state index contributed by atoms with van der Waals surface area (Å²) in [6.45, 7) is 9.90. The lowest BCUT2D eigenvalue weighted by Gasteiger charge is -2.34. The number of piperazine rings is 1. The molecule has 1 fully saturated rings. The number of nitrogens with zero attached hydrogens (tertiary/aromatic N) is 2. The van der Waals surface area contributed by atoms with Gasteiger partial charge in [-0.3, -0.25) is 0 Å². The van der Waals surface area contributed by atoms with Gasteiger partial charge in [-0.15, -0.1) is 11.3 Å². The van der Waals surface area contributed by atoms with E-state index in [0.29, 0.717) is 5.75 Å². The second kappa shape index (κ2) is 8.43. The Morgan fingerprint density at radius 1 is 1.14 bits per heavy atom. The number of hydrogen-bond acceptors (Lipinski definition) is 5. The van der Waals surface area contributed by atoms with Crippen LogP contribution in [0.15, 0.2) is 17.5 Å². The van der Waals surface area contributed by atoms with E-state index in [9.17, 15) is 8.42 Å².